The highest BCUT2D eigenvalue weighted by atomic mass is 32.2. The molecule has 6 aromatic rings. The first kappa shape index (κ1) is 41.3. The normalized spacial score (nSPS) is 16.1. The Kier molecular flexibility index (Phi) is 11.5. The molecule has 59 heavy (non-hydrogen) atoms. The average Bonchev–Trinajstić information content (AvgIpc) is 3.80. The van der Waals surface area contributed by atoms with Crippen LogP contribution in [0.1, 0.15) is 55.4 Å². The van der Waals surface area contributed by atoms with Crippen LogP contribution in [0.15, 0.2) is 77.9 Å². The zero-order valence-electron chi connectivity index (χ0n) is 31.9. The Labute approximate surface area is 343 Å². The Morgan fingerprint density at radius 2 is 1.34 bits per heavy atom. The molecule has 0 unspecified atom stereocenters. The molecule has 2 aliphatic rings. The standard InChI is InChI=1S/C20H18F3N3O5S2.C19H19N3O3S/c1-26(2)16-15-17(14(7-9-24-15)31-33(28,29)20(21,22)23)32-18(16)19(27)25-12-8-10-30-13-6-4-3-5-11(12)13;1-22(2)16-15-17(13(23)7-9-20-15)26-18(16)19(24)21-12-8-10-25-14-6-4-3-5-11(12)14/h3-7,9,12H,8,10H2,1-2H3,(H,25,27);3-7,9,12H,8,10H2,1-2H3,(H,20,23)(H,21,24)/t2*12-/m00/s1. The molecule has 0 saturated carbocycles. The van der Waals surface area contributed by atoms with Crippen molar-refractivity contribution in [2.24, 2.45) is 0 Å². The Hall–Kier alpha value is -5.86. The second kappa shape index (κ2) is 16.4. The van der Waals surface area contributed by atoms with Crippen LogP contribution < -0.4 is 39.5 Å². The molecular formula is C39H37F3N6O8S3. The van der Waals surface area contributed by atoms with Crippen molar-refractivity contribution in [2.75, 3.05) is 51.2 Å². The number of hydrogen-bond donors (Lipinski definition) is 3. The molecule has 20 heteroatoms. The van der Waals surface area contributed by atoms with E-state index in [4.69, 9.17) is 9.47 Å². The minimum absolute atomic E-state index is 0.00607. The maximum absolute atomic E-state index is 13.2. The molecule has 6 heterocycles. The summed E-state index contributed by atoms with van der Waals surface area (Å²) in [7, 11) is 1.13. The van der Waals surface area contributed by atoms with E-state index in [1.807, 2.05) is 61.5 Å². The molecule has 0 radical (unpaired) electrons. The molecule has 2 atom stereocenters. The van der Waals surface area contributed by atoms with Crippen LogP contribution in [0.2, 0.25) is 0 Å². The number of anilines is 2. The largest absolute Gasteiger partial charge is 0.534 e. The van der Waals surface area contributed by atoms with Gasteiger partial charge in [-0.2, -0.15) is 21.6 Å². The van der Waals surface area contributed by atoms with Crippen molar-refractivity contribution >= 4 is 76.4 Å². The lowest BCUT2D eigenvalue weighted by atomic mass is 10.0. The zero-order chi connectivity index (χ0) is 42.2. The summed E-state index contributed by atoms with van der Waals surface area (Å²) in [4.78, 5) is 49.9. The minimum Gasteiger partial charge on any atom is -0.493 e. The molecule has 0 bridgehead atoms. The van der Waals surface area contributed by atoms with Gasteiger partial charge in [0, 0.05) is 76.7 Å². The first-order valence-electron chi connectivity index (χ1n) is 18.0. The molecule has 2 amide bonds. The van der Waals surface area contributed by atoms with E-state index >= 15 is 0 Å². The van der Waals surface area contributed by atoms with E-state index < -0.39 is 27.3 Å². The van der Waals surface area contributed by atoms with Crippen LogP contribution in [0.4, 0.5) is 24.5 Å². The summed E-state index contributed by atoms with van der Waals surface area (Å²) in [6, 6.07) is 17.1. The summed E-state index contributed by atoms with van der Waals surface area (Å²) in [5.74, 6) is 0.259. The summed E-state index contributed by atoms with van der Waals surface area (Å²) in [6.45, 7) is 0.969. The molecule has 310 valence electrons. The fourth-order valence-electron chi connectivity index (χ4n) is 6.77. The number of ether oxygens (including phenoxy) is 2. The van der Waals surface area contributed by atoms with Crippen LogP contribution >= 0.6 is 22.7 Å². The molecule has 8 rings (SSSR count). The van der Waals surface area contributed by atoms with Crippen molar-refractivity contribution in [1.82, 2.24) is 20.6 Å². The molecule has 3 N–H and O–H groups in total. The van der Waals surface area contributed by atoms with Crippen molar-refractivity contribution in [3.05, 3.63) is 104 Å². The van der Waals surface area contributed by atoms with Crippen molar-refractivity contribution in [3.8, 4) is 17.2 Å². The van der Waals surface area contributed by atoms with E-state index in [1.165, 1.54) is 17.4 Å². The van der Waals surface area contributed by atoms with E-state index in [0.29, 0.717) is 52.6 Å². The third-order valence-electron chi connectivity index (χ3n) is 9.40. The number of rotatable bonds is 8. The second-order valence-electron chi connectivity index (χ2n) is 13.8. The number of amides is 2. The molecule has 0 saturated heterocycles. The quantitative estimate of drug-likeness (QED) is 0.109. The van der Waals surface area contributed by atoms with Gasteiger partial charge in [-0.15, -0.1) is 22.7 Å². The predicted molar refractivity (Wildman–Crippen MR) is 220 cm³/mol. The number of nitrogens with one attached hydrogen (secondary N) is 3. The van der Waals surface area contributed by atoms with Gasteiger partial charge in [0.2, 0.25) is 0 Å². The highest BCUT2D eigenvalue weighted by Crippen LogP contribution is 2.43. The number of thiophene rings is 2. The smallest absolute Gasteiger partial charge is 0.493 e. The molecule has 2 aromatic carbocycles. The number of pyridine rings is 2. The fourth-order valence-corrected chi connectivity index (χ4v) is 9.65. The van der Waals surface area contributed by atoms with Gasteiger partial charge in [-0.25, -0.2) is 0 Å². The number of halogens is 3. The van der Waals surface area contributed by atoms with E-state index in [9.17, 15) is 36.0 Å². The third kappa shape index (κ3) is 8.24. The number of aromatic nitrogens is 2. The van der Waals surface area contributed by atoms with E-state index in [1.54, 1.807) is 31.3 Å². The maximum atomic E-state index is 13.2. The third-order valence-corrected chi connectivity index (χ3v) is 12.7. The number of para-hydroxylation sites is 2. The van der Waals surface area contributed by atoms with Crippen LogP contribution in [0, 0.1) is 0 Å². The Bertz CT molecular complexity index is 2730. The fraction of sp³-hybridized carbons (Fsp3) is 0.282. The van der Waals surface area contributed by atoms with Gasteiger partial charge in [0.1, 0.15) is 31.5 Å². The maximum Gasteiger partial charge on any atom is 0.534 e. The van der Waals surface area contributed by atoms with Crippen molar-refractivity contribution in [3.63, 3.8) is 0 Å². The molecule has 0 spiro atoms. The predicted octanol–water partition coefficient (Wildman–Crippen LogP) is 6.75. The highest BCUT2D eigenvalue weighted by molar-refractivity contribution is 7.88. The topological polar surface area (TPSA) is 172 Å². The number of fused-ring (bicyclic) bond motifs is 4. The van der Waals surface area contributed by atoms with Crippen LogP contribution in [0.25, 0.3) is 20.4 Å². The van der Waals surface area contributed by atoms with Gasteiger partial charge in [0.25, 0.3) is 11.8 Å². The van der Waals surface area contributed by atoms with Crippen molar-refractivity contribution in [2.45, 2.75) is 30.4 Å². The Balaban J connectivity index is 0.000000184. The number of benzene rings is 2. The van der Waals surface area contributed by atoms with Crippen LogP contribution in [-0.2, 0) is 10.1 Å². The van der Waals surface area contributed by atoms with E-state index in [2.05, 4.69) is 24.8 Å². The van der Waals surface area contributed by atoms with Crippen LogP contribution in [0.5, 0.6) is 17.2 Å². The van der Waals surface area contributed by atoms with Gasteiger partial charge in [-0.1, -0.05) is 36.4 Å². The minimum atomic E-state index is -5.89. The van der Waals surface area contributed by atoms with Gasteiger partial charge >= 0.3 is 15.6 Å². The lowest BCUT2D eigenvalue weighted by Gasteiger charge is -2.26. The number of hydrogen-bond acceptors (Lipinski definition) is 13. The van der Waals surface area contributed by atoms with Crippen molar-refractivity contribution in [1.29, 1.82) is 0 Å². The number of carbonyl (C=O) groups excluding carboxylic acids is 2. The van der Waals surface area contributed by atoms with Gasteiger partial charge in [-0.3, -0.25) is 19.4 Å². The number of aromatic amines is 1. The first-order chi connectivity index (χ1) is 28.1. The number of alkyl halides is 3. The lowest BCUT2D eigenvalue weighted by molar-refractivity contribution is -0.0499. The molecule has 0 aliphatic carbocycles. The number of carbonyl (C=O) groups is 2. The van der Waals surface area contributed by atoms with Gasteiger partial charge in [-0.05, 0) is 12.1 Å². The molecule has 2 aliphatic heterocycles. The number of nitrogens with zero attached hydrogens (tertiary/aromatic N) is 3. The lowest BCUT2D eigenvalue weighted by Crippen LogP contribution is -2.32. The summed E-state index contributed by atoms with van der Waals surface area (Å²) in [5.41, 5.74) is -1.97. The van der Waals surface area contributed by atoms with Crippen LogP contribution in [0.3, 0.4) is 0 Å². The summed E-state index contributed by atoms with van der Waals surface area (Å²) >= 11 is 2.03. The molecule has 4 aromatic heterocycles. The number of H-pyrrole nitrogens is 1. The summed E-state index contributed by atoms with van der Waals surface area (Å²) in [6.07, 6.45) is 3.98. The Morgan fingerprint density at radius 3 is 1.88 bits per heavy atom. The Morgan fingerprint density at radius 1 is 0.814 bits per heavy atom. The average molecular weight is 871 g/mol. The summed E-state index contributed by atoms with van der Waals surface area (Å²) < 4.78 is 77.8. The van der Waals surface area contributed by atoms with Gasteiger partial charge in [0.15, 0.2) is 11.2 Å². The highest BCUT2D eigenvalue weighted by Gasteiger charge is 2.49. The monoisotopic (exact) mass is 870 g/mol. The summed E-state index contributed by atoms with van der Waals surface area (Å²) in [5, 5.41) is 6.05. The van der Waals surface area contributed by atoms with E-state index in [-0.39, 0.29) is 38.5 Å². The van der Waals surface area contributed by atoms with Gasteiger partial charge < -0.3 is 39.1 Å². The van der Waals surface area contributed by atoms with Crippen LogP contribution in [-0.4, -0.2) is 77.1 Å². The van der Waals surface area contributed by atoms with Gasteiger partial charge in [0.05, 0.1) is 46.9 Å². The zero-order valence-corrected chi connectivity index (χ0v) is 34.3. The van der Waals surface area contributed by atoms with Crippen molar-refractivity contribution < 1.29 is 44.8 Å². The first-order valence-corrected chi connectivity index (χ1v) is 21.1. The molecule has 0 fully saturated rings. The molecular weight excluding hydrogens is 834 g/mol. The van der Waals surface area contributed by atoms with E-state index in [0.717, 1.165) is 46.2 Å². The second-order valence-corrected chi connectivity index (χ2v) is 17.3. The molecule has 14 nitrogen and oxygen atoms in total. The SMILES string of the molecule is CN(C)c1c(C(=O)N[C@H]2CCOc3ccccc32)sc2c(=O)cc[nH]c12.CN(C)c1c(C(=O)N[C@H]2CCOc3ccccc32)sc2c(OS(=O)(=O)C(F)(F)F)ccnc12.